The van der Waals surface area contributed by atoms with E-state index in [0.29, 0.717) is 0 Å². The van der Waals surface area contributed by atoms with Crippen LogP contribution in [0.4, 0.5) is 0 Å². The molecule has 0 radical (unpaired) electrons. The van der Waals surface area contributed by atoms with Gasteiger partial charge in [-0.1, -0.05) is 0 Å². The largest absolute Gasteiger partial charge is 0.441 e. The van der Waals surface area contributed by atoms with E-state index in [2.05, 4.69) is 26.2 Å². The van der Waals surface area contributed by atoms with Crippen molar-refractivity contribution in [3.8, 4) is 0 Å². The van der Waals surface area contributed by atoms with Crippen LogP contribution in [0.5, 0.6) is 0 Å². The molecule has 0 spiro atoms. The molecule has 0 amide bonds. The summed E-state index contributed by atoms with van der Waals surface area (Å²) < 4.78 is 10.9. The number of hydrogen-bond donors (Lipinski definition) is 2. The van der Waals surface area contributed by atoms with E-state index in [0.717, 1.165) is 18.5 Å². The molecular formula is C7H24O4Si4. The van der Waals surface area contributed by atoms with Crippen LogP contribution in [-0.2, 0) is 8.23 Å². The quantitative estimate of drug-likeness (QED) is 0.606. The molecule has 0 bridgehead atoms. The lowest BCUT2D eigenvalue weighted by molar-refractivity contribution is 0.409. The number of hydrogen-bond acceptors (Lipinski definition) is 4. The highest BCUT2D eigenvalue weighted by Crippen LogP contribution is 2.06. The topological polar surface area (TPSA) is 58.9 Å². The molecule has 2 unspecified atom stereocenters. The van der Waals surface area contributed by atoms with Gasteiger partial charge in [0.15, 0.2) is 18.1 Å². The lowest BCUT2D eigenvalue weighted by Crippen LogP contribution is -2.27. The first-order chi connectivity index (χ1) is 6.91. The zero-order valence-corrected chi connectivity index (χ0v) is 14.8. The van der Waals surface area contributed by atoms with Gasteiger partial charge in [0.25, 0.3) is 0 Å². The average molecular weight is 285 g/mol. The molecule has 0 aliphatic carbocycles. The van der Waals surface area contributed by atoms with Crippen LogP contribution in [0.3, 0.4) is 0 Å². The fraction of sp³-hybridized carbons (Fsp3) is 1.00. The summed E-state index contributed by atoms with van der Waals surface area (Å²) in [6, 6.07) is 1.50. The highest BCUT2D eigenvalue weighted by atomic mass is 28.4. The average Bonchev–Trinajstić information content (AvgIpc) is 2.00. The molecular weight excluding hydrogens is 260 g/mol. The Morgan fingerprint density at radius 3 is 1.40 bits per heavy atom. The zero-order chi connectivity index (χ0) is 11.8. The van der Waals surface area contributed by atoms with Crippen LogP contribution in [0.1, 0.15) is 6.42 Å². The SMILES string of the molecule is C[SiH](C)O[SiH](O)CCC[SiH](O)O[SiH](C)C. The summed E-state index contributed by atoms with van der Waals surface area (Å²) in [6.07, 6.45) is 0.850. The summed E-state index contributed by atoms with van der Waals surface area (Å²) in [5, 5.41) is 0. The molecule has 0 fully saturated rings. The van der Waals surface area contributed by atoms with Gasteiger partial charge in [-0.15, -0.1) is 0 Å². The first-order valence-electron chi connectivity index (χ1n) is 5.59. The second kappa shape index (κ2) is 8.81. The molecule has 92 valence electrons. The Labute approximate surface area is 99.4 Å². The van der Waals surface area contributed by atoms with E-state index < -0.39 is 36.6 Å². The predicted octanol–water partition coefficient (Wildman–Crippen LogP) is -0.198. The Balaban J connectivity index is 3.44. The fourth-order valence-electron chi connectivity index (χ4n) is 1.23. The summed E-state index contributed by atoms with van der Waals surface area (Å²) in [7, 11) is -6.02. The van der Waals surface area contributed by atoms with Crippen molar-refractivity contribution >= 4 is 36.6 Å². The third kappa shape index (κ3) is 11.0. The molecule has 0 aromatic carbocycles. The van der Waals surface area contributed by atoms with Gasteiger partial charge in [-0.3, -0.25) is 0 Å². The Morgan fingerprint density at radius 2 is 1.13 bits per heavy atom. The van der Waals surface area contributed by atoms with Crippen molar-refractivity contribution in [3.63, 3.8) is 0 Å². The van der Waals surface area contributed by atoms with E-state index in [9.17, 15) is 9.59 Å². The number of rotatable bonds is 8. The van der Waals surface area contributed by atoms with Gasteiger partial charge in [-0.2, -0.15) is 0 Å². The van der Waals surface area contributed by atoms with E-state index in [1.54, 1.807) is 0 Å². The Morgan fingerprint density at radius 1 is 0.800 bits per heavy atom. The van der Waals surface area contributed by atoms with Gasteiger partial charge in [0.05, 0.1) is 0 Å². The summed E-state index contributed by atoms with van der Waals surface area (Å²) in [5.41, 5.74) is 0. The van der Waals surface area contributed by atoms with Crippen LogP contribution >= 0.6 is 0 Å². The minimum Gasteiger partial charge on any atom is -0.441 e. The molecule has 15 heavy (non-hydrogen) atoms. The Bertz CT molecular complexity index is 142. The van der Waals surface area contributed by atoms with E-state index in [-0.39, 0.29) is 0 Å². The maximum atomic E-state index is 9.57. The highest BCUT2D eigenvalue weighted by Gasteiger charge is 2.14. The maximum absolute atomic E-state index is 9.57. The van der Waals surface area contributed by atoms with Crippen LogP contribution in [0.25, 0.3) is 0 Å². The van der Waals surface area contributed by atoms with Crippen LogP contribution in [-0.4, -0.2) is 46.2 Å². The third-order valence-electron chi connectivity index (χ3n) is 1.76. The van der Waals surface area contributed by atoms with Crippen molar-refractivity contribution in [3.05, 3.63) is 0 Å². The molecule has 0 aliphatic heterocycles. The molecule has 0 rings (SSSR count). The third-order valence-corrected chi connectivity index (χ3v) is 10.4. The van der Waals surface area contributed by atoms with Crippen molar-refractivity contribution in [2.45, 2.75) is 44.7 Å². The monoisotopic (exact) mass is 284 g/mol. The molecule has 2 atom stereocenters. The molecule has 0 aromatic rings. The molecule has 8 heteroatoms. The van der Waals surface area contributed by atoms with Gasteiger partial charge >= 0.3 is 18.6 Å². The smallest absolute Gasteiger partial charge is 0.308 e. The molecule has 0 saturated heterocycles. The summed E-state index contributed by atoms with van der Waals surface area (Å²) in [4.78, 5) is 19.1. The first-order valence-corrected chi connectivity index (χ1v) is 14.8. The molecule has 4 nitrogen and oxygen atoms in total. The van der Waals surface area contributed by atoms with E-state index in [4.69, 9.17) is 8.23 Å². The second-order valence-electron chi connectivity index (χ2n) is 4.21. The molecule has 0 saturated carbocycles. The van der Waals surface area contributed by atoms with Crippen LogP contribution in [0, 0.1) is 0 Å². The lowest BCUT2D eigenvalue weighted by atomic mass is 10.6. The van der Waals surface area contributed by atoms with Gasteiger partial charge in [0.2, 0.25) is 0 Å². The van der Waals surface area contributed by atoms with E-state index >= 15 is 0 Å². The van der Waals surface area contributed by atoms with Crippen molar-refractivity contribution in [2.24, 2.45) is 0 Å². The van der Waals surface area contributed by atoms with Crippen molar-refractivity contribution in [1.82, 2.24) is 0 Å². The summed E-state index contributed by atoms with van der Waals surface area (Å²) >= 11 is 0. The first kappa shape index (κ1) is 15.7. The van der Waals surface area contributed by atoms with Crippen LogP contribution in [0.2, 0.25) is 38.3 Å². The molecule has 0 aliphatic rings. The van der Waals surface area contributed by atoms with E-state index in [1.807, 2.05) is 0 Å². The molecule has 0 aromatic heterocycles. The predicted molar refractivity (Wildman–Crippen MR) is 72.9 cm³/mol. The van der Waals surface area contributed by atoms with Crippen molar-refractivity contribution < 1.29 is 17.8 Å². The highest BCUT2D eigenvalue weighted by molar-refractivity contribution is 6.61. The maximum Gasteiger partial charge on any atom is 0.308 e. The van der Waals surface area contributed by atoms with Gasteiger partial charge < -0.3 is 17.8 Å². The summed E-state index contributed by atoms with van der Waals surface area (Å²) in [6.45, 7) is 8.25. The minimum absolute atomic E-state index is 0.748. The van der Waals surface area contributed by atoms with Gasteiger partial charge in [-0.25, -0.2) is 0 Å². The minimum atomic E-state index is -1.93. The second-order valence-corrected chi connectivity index (χ2v) is 13.6. The fourth-order valence-corrected chi connectivity index (χ4v) is 8.99. The van der Waals surface area contributed by atoms with Gasteiger partial charge in [0.1, 0.15) is 0 Å². The zero-order valence-electron chi connectivity index (χ0n) is 10.1. The van der Waals surface area contributed by atoms with Crippen LogP contribution < -0.4 is 0 Å². The van der Waals surface area contributed by atoms with Crippen LogP contribution in [0.15, 0.2) is 0 Å². The van der Waals surface area contributed by atoms with Gasteiger partial charge in [0, 0.05) is 0 Å². The normalized spacial score (nSPS) is 16.0. The van der Waals surface area contributed by atoms with Crippen molar-refractivity contribution in [1.29, 1.82) is 0 Å². The van der Waals surface area contributed by atoms with Crippen molar-refractivity contribution in [2.75, 3.05) is 0 Å². The molecule has 0 heterocycles. The Hall–Kier alpha value is 0.708. The van der Waals surface area contributed by atoms with E-state index in [1.165, 1.54) is 0 Å². The summed E-state index contributed by atoms with van der Waals surface area (Å²) in [5.74, 6) is 0. The molecule has 2 N–H and O–H groups in total. The van der Waals surface area contributed by atoms with Gasteiger partial charge in [-0.05, 0) is 44.7 Å². The Kier molecular flexibility index (Phi) is 9.23. The lowest BCUT2D eigenvalue weighted by Gasteiger charge is -2.15. The standard InChI is InChI=1S/C7H24O4Si4/c1-12(2)10-14(8)6-5-7-15(9)11-13(3)4/h8-9,12-15H,5-7H2,1-4H3.